The number of sulfonamides is 1. The molecule has 25 heavy (non-hydrogen) atoms. The number of aromatic nitrogens is 2. The average molecular weight is 385 g/mol. The summed E-state index contributed by atoms with van der Waals surface area (Å²) in [7, 11) is -3.12. The Morgan fingerprint density at radius 1 is 1.28 bits per heavy atom. The molecule has 1 saturated carbocycles. The first kappa shape index (κ1) is 18.2. The minimum absolute atomic E-state index is 0.252. The van der Waals surface area contributed by atoms with Gasteiger partial charge in [-0.15, -0.1) is 0 Å². The summed E-state index contributed by atoms with van der Waals surface area (Å²) in [6.45, 7) is 0.505. The fourth-order valence-electron chi connectivity index (χ4n) is 2.98. The Balaban J connectivity index is 1.51. The highest BCUT2D eigenvalue weighted by atomic mass is 35.5. The second-order valence-corrected chi connectivity index (χ2v) is 8.69. The first-order valence-electron chi connectivity index (χ1n) is 8.20. The molecule has 0 radical (unpaired) electrons. The van der Waals surface area contributed by atoms with E-state index in [2.05, 4.69) is 20.2 Å². The molecule has 136 valence electrons. The highest BCUT2D eigenvalue weighted by Crippen LogP contribution is 2.27. The lowest BCUT2D eigenvalue weighted by atomic mass is 9.86. The monoisotopic (exact) mass is 384 g/mol. The zero-order chi connectivity index (χ0) is 17.9. The van der Waals surface area contributed by atoms with Crippen molar-refractivity contribution in [2.45, 2.75) is 31.7 Å². The van der Waals surface area contributed by atoms with Crippen molar-refractivity contribution in [3.63, 3.8) is 0 Å². The number of nitrogens with zero attached hydrogens (tertiary/aromatic N) is 2. The SMILES string of the molecule is CS(=O)(=O)NC[C@H]1CC[C@H](Nc2nc(-c3cccc(Cl)c3)no2)CC1. The van der Waals surface area contributed by atoms with Crippen LogP contribution in [0.4, 0.5) is 6.01 Å². The molecule has 3 rings (SSSR count). The topological polar surface area (TPSA) is 97.1 Å². The van der Waals surface area contributed by atoms with E-state index in [9.17, 15) is 8.42 Å². The van der Waals surface area contributed by atoms with Crippen LogP contribution in [-0.2, 0) is 10.0 Å². The largest absolute Gasteiger partial charge is 0.335 e. The number of anilines is 1. The van der Waals surface area contributed by atoms with Gasteiger partial charge in [0.1, 0.15) is 0 Å². The molecule has 0 atom stereocenters. The summed E-state index contributed by atoms with van der Waals surface area (Å²) in [5, 5.41) is 7.87. The van der Waals surface area contributed by atoms with E-state index in [1.54, 1.807) is 12.1 Å². The van der Waals surface area contributed by atoms with Gasteiger partial charge in [0.2, 0.25) is 15.8 Å². The van der Waals surface area contributed by atoms with Gasteiger partial charge in [-0.2, -0.15) is 4.98 Å². The molecule has 0 spiro atoms. The van der Waals surface area contributed by atoms with E-state index in [0.717, 1.165) is 31.2 Å². The molecule has 0 saturated heterocycles. The number of halogens is 1. The number of hydrogen-bond acceptors (Lipinski definition) is 6. The maximum Gasteiger partial charge on any atom is 0.322 e. The van der Waals surface area contributed by atoms with Crippen LogP contribution in [0, 0.1) is 5.92 Å². The molecule has 1 aliphatic rings. The van der Waals surface area contributed by atoms with Crippen LogP contribution < -0.4 is 10.0 Å². The van der Waals surface area contributed by atoms with Crippen molar-refractivity contribution < 1.29 is 12.9 Å². The lowest BCUT2D eigenvalue weighted by Crippen LogP contribution is -2.33. The van der Waals surface area contributed by atoms with E-state index < -0.39 is 10.0 Å². The molecular formula is C16H21ClN4O3S. The van der Waals surface area contributed by atoms with E-state index in [0.29, 0.717) is 29.3 Å². The van der Waals surface area contributed by atoms with Gasteiger partial charge in [-0.1, -0.05) is 28.9 Å². The van der Waals surface area contributed by atoms with E-state index in [1.165, 1.54) is 6.26 Å². The van der Waals surface area contributed by atoms with Crippen LogP contribution >= 0.6 is 11.6 Å². The summed E-state index contributed by atoms with van der Waals surface area (Å²) >= 11 is 5.98. The van der Waals surface area contributed by atoms with E-state index >= 15 is 0 Å². The second kappa shape index (κ2) is 7.72. The van der Waals surface area contributed by atoms with Gasteiger partial charge in [-0.05, 0) is 43.7 Å². The summed E-state index contributed by atoms with van der Waals surface area (Å²) in [4.78, 5) is 4.36. The zero-order valence-electron chi connectivity index (χ0n) is 13.9. The number of nitrogens with one attached hydrogen (secondary N) is 2. The zero-order valence-corrected chi connectivity index (χ0v) is 15.5. The minimum Gasteiger partial charge on any atom is -0.335 e. The first-order valence-corrected chi connectivity index (χ1v) is 10.5. The van der Waals surface area contributed by atoms with E-state index in [-0.39, 0.29) is 6.04 Å². The molecule has 1 aromatic heterocycles. The van der Waals surface area contributed by atoms with Crippen molar-refractivity contribution in [3.05, 3.63) is 29.3 Å². The number of hydrogen-bond donors (Lipinski definition) is 2. The maximum absolute atomic E-state index is 11.2. The summed E-state index contributed by atoms with van der Waals surface area (Å²) < 4.78 is 30.2. The van der Waals surface area contributed by atoms with Gasteiger partial charge >= 0.3 is 6.01 Å². The van der Waals surface area contributed by atoms with Crippen LogP contribution in [0.15, 0.2) is 28.8 Å². The highest BCUT2D eigenvalue weighted by molar-refractivity contribution is 7.88. The summed E-state index contributed by atoms with van der Waals surface area (Å²) in [5.74, 6) is 0.869. The quantitative estimate of drug-likeness (QED) is 0.794. The molecule has 0 aliphatic heterocycles. The second-order valence-electron chi connectivity index (χ2n) is 6.42. The van der Waals surface area contributed by atoms with Crippen LogP contribution in [0.3, 0.4) is 0 Å². The van der Waals surface area contributed by atoms with Gasteiger partial charge in [-0.25, -0.2) is 13.1 Å². The normalized spacial score (nSPS) is 21.2. The van der Waals surface area contributed by atoms with Gasteiger partial charge in [0.25, 0.3) is 0 Å². The molecule has 1 aliphatic carbocycles. The molecule has 0 unspecified atom stereocenters. The minimum atomic E-state index is -3.12. The summed E-state index contributed by atoms with van der Waals surface area (Å²) in [6.07, 6.45) is 4.97. The van der Waals surface area contributed by atoms with Crippen molar-refractivity contribution in [3.8, 4) is 11.4 Å². The van der Waals surface area contributed by atoms with Gasteiger partial charge in [0, 0.05) is 23.2 Å². The number of benzene rings is 1. The summed E-state index contributed by atoms with van der Waals surface area (Å²) in [5.41, 5.74) is 0.805. The predicted octanol–water partition coefficient (Wildman–Crippen LogP) is 2.91. The Morgan fingerprint density at radius 2 is 2.04 bits per heavy atom. The van der Waals surface area contributed by atoms with Crippen molar-refractivity contribution >= 4 is 27.6 Å². The van der Waals surface area contributed by atoms with Gasteiger partial charge < -0.3 is 9.84 Å². The van der Waals surface area contributed by atoms with Crippen molar-refractivity contribution in [1.29, 1.82) is 0 Å². The molecule has 2 aromatic rings. The molecule has 0 bridgehead atoms. The van der Waals surface area contributed by atoms with E-state index in [1.807, 2.05) is 12.1 Å². The smallest absolute Gasteiger partial charge is 0.322 e. The fraction of sp³-hybridized carbons (Fsp3) is 0.500. The van der Waals surface area contributed by atoms with Crippen molar-refractivity contribution in [1.82, 2.24) is 14.9 Å². The maximum atomic E-state index is 11.2. The molecule has 1 fully saturated rings. The van der Waals surface area contributed by atoms with Crippen molar-refractivity contribution in [2.75, 3.05) is 18.1 Å². The Hall–Kier alpha value is -1.64. The fourth-order valence-corrected chi connectivity index (χ4v) is 3.71. The number of rotatable bonds is 6. The molecule has 1 aromatic carbocycles. The van der Waals surface area contributed by atoms with Crippen LogP contribution in [0.1, 0.15) is 25.7 Å². The lowest BCUT2D eigenvalue weighted by molar-refractivity contribution is 0.330. The Bertz CT molecular complexity index is 816. The predicted molar refractivity (Wildman–Crippen MR) is 97.0 cm³/mol. The van der Waals surface area contributed by atoms with Crippen molar-refractivity contribution in [2.24, 2.45) is 5.92 Å². The van der Waals surface area contributed by atoms with Crippen LogP contribution in [-0.4, -0.2) is 37.4 Å². The molecule has 0 amide bonds. The van der Waals surface area contributed by atoms with Crippen LogP contribution in [0.5, 0.6) is 0 Å². The van der Waals surface area contributed by atoms with Gasteiger partial charge in [0.05, 0.1) is 6.26 Å². The molecule has 9 heteroatoms. The molecule has 2 N–H and O–H groups in total. The van der Waals surface area contributed by atoms with E-state index in [4.69, 9.17) is 16.1 Å². The molecular weight excluding hydrogens is 364 g/mol. The third-order valence-electron chi connectivity index (χ3n) is 4.32. The standard InChI is InChI=1S/C16H21ClN4O3S/c1-25(22,23)18-10-11-5-7-14(8-6-11)19-16-20-15(21-24-16)12-3-2-4-13(17)9-12/h2-4,9,11,14,18H,5-8,10H2,1H3,(H,19,20,21)/t11-,14-. The third-order valence-corrected chi connectivity index (χ3v) is 5.24. The average Bonchev–Trinajstić information content (AvgIpc) is 3.02. The Kier molecular flexibility index (Phi) is 5.61. The first-order chi connectivity index (χ1) is 11.9. The van der Waals surface area contributed by atoms with Crippen LogP contribution in [0.25, 0.3) is 11.4 Å². The molecule has 7 nitrogen and oxygen atoms in total. The third kappa shape index (κ3) is 5.42. The highest BCUT2D eigenvalue weighted by Gasteiger charge is 2.23. The van der Waals surface area contributed by atoms with Gasteiger partial charge in [-0.3, -0.25) is 0 Å². The van der Waals surface area contributed by atoms with Crippen LogP contribution in [0.2, 0.25) is 5.02 Å². The Labute approximate surface area is 152 Å². The Morgan fingerprint density at radius 3 is 2.72 bits per heavy atom. The molecule has 1 heterocycles. The van der Waals surface area contributed by atoms with Gasteiger partial charge in [0.15, 0.2) is 0 Å². The lowest BCUT2D eigenvalue weighted by Gasteiger charge is -2.28. The summed E-state index contributed by atoms with van der Waals surface area (Å²) in [6, 6.07) is 7.94.